The molecule has 0 saturated heterocycles. The molecule has 4 nitrogen and oxygen atoms in total. The van der Waals surface area contributed by atoms with Gasteiger partial charge in [0.05, 0.1) is 15.1 Å². The van der Waals surface area contributed by atoms with Gasteiger partial charge in [-0.15, -0.1) is 0 Å². The van der Waals surface area contributed by atoms with E-state index in [0.717, 1.165) is 0 Å². The molecule has 0 aliphatic rings. The van der Waals surface area contributed by atoms with Gasteiger partial charge in [-0.3, -0.25) is 4.79 Å². The van der Waals surface area contributed by atoms with Crippen molar-refractivity contribution in [2.24, 2.45) is 5.73 Å². The van der Waals surface area contributed by atoms with Crippen LogP contribution >= 0.6 is 27.5 Å². The molecule has 1 amide bonds. The summed E-state index contributed by atoms with van der Waals surface area (Å²) in [6.45, 7) is 0. The molecular formula is C13H9BrClFN2O2. The normalized spacial score (nSPS) is 10.3. The summed E-state index contributed by atoms with van der Waals surface area (Å²) in [6, 6.07) is 6.64. The number of nitrogens with two attached hydrogens (primary N) is 2. The summed E-state index contributed by atoms with van der Waals surface area (Å²) in [7, 11) is 0. The van der Waals surface area contributed by atoms with Gasteiger partial charge in [-0.2, -0.15) is 0 Å². The first-order valence-corrected chi connectivity index (χ1v) is 6.57. The zero-order chi connectivity index (χ0) is 14.9. The van der Waals surface area contributed by atoms with Crippen LogP contribution in [0.5, 0.6) is 11.5 Å². The molecule has 0 atom stereocenters. The summed E-state index contributed by atoms with van der Waals surface area (Å²) >= 11 is 9.17. The van der Waals surface area contributed by atoms with Gasteiger partial charge in [-0.05, 0) is 46.3 Å². The van der Waals surface area contributed by atoms with E-state index in [1.165, 1.54) is 30.3 Å². The summed E-state index contributed by atoms with van der Waals surface area (Å²) in [5.41, 5.74) is 11.2. The smallest absolute Gasteiger partial charge is 0.252 e. The summed E-state index contributed by atoms with van der Waals surface area (Å²) in [5.74, 6) is -0.795. The van der Waals surface area contributed by atoms with Crippen molar-refractivity contribution in [3.63, 3.8) is 0 Å². The molecule has 0 unspecified atom stereocenters. The molecular weight excluding hydrogens is 351 g/mol. The topological polar surface area (TPSA) is 78.3 Å². The van der Waals surface area contributed by atoms with Gasteiger partial charge < -0.3 is 16.2 Å². The molecule has 0 spiro atoms. The molecule has 0 saturated carbocycles. The standard InChI is InChI=1S/C13H9BrClFN2O2/c14-9-3-6(16)1-2-11(9)20-12-8(13(18)19)4-7(17)5-10(12)15/h1-5H,17H2,(H2,18,19). The van der Waals surface area contributed by atoms with E-state index in [4.69, 9.17) is 27.8 Å². The minimum absolute atomic E-state index is 0.0474. The Morgan fingerprint density at radius 2 is 2.00 bits per heavy atom. The van der Waals surface area contributed by atoms with E-state index < -0.39 is 11.7 Å². The molecule has 2 aromatic carbocycles. The Balaban J connectivity index is 2.50. The highest BCUT2D eigenvalue weighted by Gasteiger charge is 2.17. The van der Waals surface area contributed by atoms with Gasteiger partial charge in [-0.1, -0.05) is 11.6 Å². The maximum atomic E-state index is 13.0. The molecule has 20 heavy (non-hydrogen) atoms. The van der Waals surface area contributed by atoms with Crippen molar-refractivity contribution in [1.29, 1.82) is 0 Å². The SMILES string of the molecule is NC(=O)c1cc(N)cc(Cl)c1Oc1ccc(F)cc1Br. The minimum Gasteiger partial charge on any atom is -0.454 e. The second-order valence-corrected chi connectivity index (χ2v) is 5.18. The Labute approximate surface area is 127 Å². The van der Waals surface area contributed by atoms with E-state index in [0.29, 0.717) is 10.2 Å². The number of hydrogen-bond acceptors (Lipinski definition) is 3. The third-order valence-corrected chi connectivity index (χ3v) is 3.34. The maximum absolute atomic E-state index is 13.0. The van der Waals surface area contributed by atoms with Crippen LogP contribution < -0.4 is 16.2 Å². The van der Waals surface area contributed by atoms with Crippen LogP contribution in [0.15, 0.2) is 34.8 Å². The number of nitrogen functional groups attached to an aromatic ring is 1. The molecule has 0 bridgehead atoms. The molecule has 0 aromatic heterocycles. The average molecular weight is 360 g/mol. The fourth-order valence-corrected chi connectivity index (χ4v) is 2.27. The molecule has 0 radical (unpaired) electrons. The highest BCUT2D eigenvalue weighted by atomic mass is 79.9. The molecule has 2 aromatic rings. The van der Waals surface area contributed by atoms with Crippen LogP contribution in [0.3, 0.4) is 0 Å². The number of primary amides is 1. The fourth-order valence-electron chi connectivity index (χ4n) is 1.57. The zero-order valence-corrected chi connectivity index (χ0v) is 12.3. The van der Waals surface area contributed by atoms with Crippen LogP contribution in [0.4, 0.5) is 10.1 Å². The van der Waals surface area contributed by atoms with Crippen molar-refractivity contribution in [1.82, 2.24) is 0 Å². The quantitative estimate of drug-likeness (QED) is 0.820. The van der Waals surface area contributed by atoms with Crippen LogP contribution in [0.2, 0.25) is 5.02 Å². The lowest BCUT2D eigenvalue weighted by Gasteiger charge is -2.13. The van der Waals surface area contributed by atoms with Gasteiger partial charge in [-0.25, -0.2) is 4.39 Å². The lowest BCUT2D eigenvalue weighted by atomic mass is 10.1. The molecule has 2 rings (SSSR count). The first-order valence-electron chi connectivity index (χ1n) is 5.40. The summed E-state index contributed by atoms with van der Waals surface area (Å²) in [4.78, 5) is 11.4. The number of carbonyl (C=O) groups excluding carboxylic acids is 1. The number of carbonyl (C=O) groups is 1. The van der Waals surface area contributed by atoms with Gasteiger partial charge in [0, 0.05) is 5.69 Å². The summed E-state index contributed by atoms with van der Waals surface area (Å²) < 4.78 is 18.9. The summed E-state index contributed by atoms with van der Waals surface area (Å²) in [5, 5.41) is 0.134. The van der Waals surface area contributed by atoms with E-state index in [1.807, 2.05) is 0 Å². The number of ether oxygens (including phenoxy) is 1. The zero-order valence-electron chi connectivity index (χ0n) is 9.99. The Morgan fingerprint density at radius 3 is 2.60 bits per heavy atom. The number of anilines is 1. The fraction of sp³-hybridized carbons (Fsp3) is 0. The van der Waals surface area contributed by atoms with Crippen LogP contribution in [0.1, 0.15) is 10.4 Å². The number of hydrogen-bond donors (Lipinski definition) is 2. The van der Waals surface area contributed by atoms with Gasteiger partial charge in [0.25, 0.3) is 5.91 Å². The van der Waals surface area contributed by atoms with Crippen molar-refractivity contribution in [2.75, 3.05) is 5.73 Å². The Hall–Kier alpha value is -1.79. The third-order valence-electron chi connectivity index (χ3n) is 2.44. The maximum Gasteiger partial charge on any atom is 0.252 e. The number of amides is 1. The molecule has 0 heterocycles. The van der Waals surface area contributed by atoms with E-state index >= 15 is 0 Å². The van der Waals surface area contributed by atoms with E-state index in [-0.39, 0.29) is 22.0 Å². The first-order chi connectivity index (χ1) is 9.38. The largest absolute Gasteiger partial charge is 0.454 e. The van der Waals surface area contributed by atoms with Crippen molar-refractivity contribution in [2.45, 2.75) is 0 Å². The van der Waals surface area contributed by atoms with E-state index in [1.54, 1.807) is 0 Å². The minimum atomic E-state index is -0.729. The highest BCUT2D eigenvalue weighted by Crippen LogP contribution is 2.37. The highest BCUT2D eigenvalue weighted by molar-refractivity contribution is 9.10. The van der Waals surface area contributed by atoms with Crippen molar-refractivity contribution >= 4 is 39.1 Å². The third kappa shape index (κ3) is 3.02. The lowest BCUT2D eigenvalue weighted by Crippen LogP contribution is -2.13. The monoisotopic (exact) mass is 358 g/mol. The summed E-state index contributed by atoms with van der Waals surface area (Å²) in [6.07, 6.45) is 0. The second kappa shape index (κ2) is 5.68. The Bertz CT molecular complexity index is 694. The van der Waals surface area contributed by atoms with Crippen molar-refractivity contribution in [3.8, 4) is 11.5 Å². The van der Waals surface area contributed by atoms with Gasteiger partial charge in [0.1, 0.15) is 11.6 Å². The van der Waals surface area contributed by atoms with Crippen molar-refractivity contribution in [3.05, 3.63) is 51.2 Å². The number of halogens is 3. The molecule has 0 aliphatic heterocycles. The molecule has 0 fully saturated rings. The molecule has 104 valence electrons. The Morgan fingerprint density at radius 1 is 1.30 bits per heavy atom. The van der Waals surface area contributed by atoms with E-state index in [9.17, 15) is 9.18 Å². The van der Waals surface area contributed by atoms with Gasteiger partial charge in [0.2, 0.25) is 0 Å². The predicted octanol–water partition coefficient (Wildman–Crippen LogP) is 3.71. The van der Waals surface area contributed by atoms with Gasteiger partial charge >= 0.3 is 0 Å². The lowest BCUT2D eigenvalue weighted by molar-refractivity contribution is 0.0998. The molecule has 0 aliphatic carbocycles. The molecule has 4 N–H and O–H groups in total. The van der Waals surface area contributed by atoms with Crippen LogP contribution in [-0.2, 0) is 0 Å². The number of rotatable bonds is 3. The Kier molecular flexibility index (Phi) is 4.15. The van der Waals surface area contributed by atoms with Crippen LogP contribution in [0.25, 0.3) is 0 Å². The van der Waals surface area contributed by atoms with Crippen LogP contribution in [0, 0.1) is 5.82 Å². The first kappa shape index (κ1) is 14.6. The average Bonchev–Trinajstić information content (AvgIpc) is 2.34. The van der Waals surface area contributed by atoms with E-state index in [2.05, 4.69) is 15.9 Å². The van der Waals surface area contributed by atoms with Crippen molar-refractivity contribution < 1.29 is 13.9 Å². The second-order valence-electron chi connectivity index (χ2n) is 3.92. The van der Waals surface area contributed by atoms with Gasteiger partial charge in [0.15, 0.2) is 5.75 Å². The molecule has 7 heteroatoms. The predicted molar refractivity (Wildman–Crippen MR) is 78.6 cm³/mol. The number of benzene rings is 2. The van der Waals surface area contributed by atoms with Crippen LogP contribution in [-0.4, -0.2) is 5.91 Å².